The summed E-state index contributed by atoms with van der Waals surface area (Å²) in [5, 5.41) is 1.35. The summed E-state index contributed by atoms with van der Waals surface area (Å²) in [5.41, 5.74) is 3.17. The van der Waals surface area contributed by atoms with Gasteiger partial charge in [0, 0.05) is 17.5 Å². The molecule has 148 valence electrons. The Morgan fingerprint density at radius 3 is 2.20 bits per heavy atom. The number of nitrogens with zero attached hydrogens (tertiary/aromatic N) is 1. The Bertz CT molecular complexity index is 1270. The predicted octanol–water partition coefficient (Wildman–Crippen LogP) is 5.26. The standard InChI is InChI=1S/C26H20FNO2/c27-21-14-12-20(13-15-21)25-23(11-6-18-29)22-9-4-5-10-24(22)26(30)28(25)17-16-19-7-2-1-3-8-19/h1-15,18H,16-17H2. The molecule has 3 nitrogen and oxygen atoms in total. The van der Waals surface area contributed by atoms with Crippen LogP contribution in [0.3, 0.4) is 0 Å². The zero-order chi connectivity index (χ0) is 20.9. The van der Waals surface area contributed by atoms with Crippen molar-refractivity contribution in [3.63, 3.8) is 0 Å². The molecule has 0 unspecified atom stereocenters. The van der Waals surface area contributed by atoms with E-state index < -0.39 is 0 Å². The highest BCUT2D eigenvalue weighted by Gasteiger charge is 2.17. The van der Waals surface area contributed by atoms with Crippen molar-refractivity contribution in [2.24, 2.45) is 0 Å². The van der Waals surface area contributed by atoms with Crippen LogP contribution in [0.15, 0.2) is 89.7 Å². The summed E-state index contributed by atoms with van der Waals surface area (Å²) < 4.78 is 15.3. The summed E-state index contributed by atoms with van der Waals surface area (Å²) in [5.74, 6) is -0.345. The lowest BCUT2D eigenvalue weighted by Gasteiger charge is -2.19. The van der Waals surface area contributed by atoms with Crippen LogP contribution >= 0.6 is 0 Å². The van der Waals surface area contributed by atoms with Gasteiger partial charge in [-0.2, -0.15) is 0 Å². The third kappa shape index (κ3) is 3.85. The summed E-state index contributed by atoms with van der Waals surface area (Å²) >= 11 is 0. The van der Waals surface area contributed by atoms with Gasteiger partial charge >= 0.3 is 0 Å². The van der Waals surface area contributed by atoms with Gasteiger partial charge in [-0.05, 0) is 65.4 Å². The molecule has 4 aromatic rings. The van der Waals surface area contributed by atoms with Gasteiger partial charge in [0.05, 0.1) is 5.69 Å². The van der Waals surface area contributed by atoms with Gasteiger partial charge < -0.3 is 4.57 Å². The maximum atomic E-state index is 13.6. The number of aromatic nitrogens is 1. The Labute approximate surface area is 173 Å². The monoisotopic (exact) mass is 397 g/mol. The van der Waals surface area contributed by atoms with E-state index in [0.29, 0.717) is 30.3 Å². The summed E-state index contributed by atoms with van der Waals surface area (Å²) in [6.45, 7) is 0.461. The lowest BCUT2D eigenvalue weighted by atomic mass is 9.98. The topological polar surface area (TPSA) is 39.1 Å². The second-order valence-corrected chi connectivity index (χ2v) is 7.00. The molecule has 0 saturated carbocycles. The number of carbonyl (C=O) groups is 1. The zero-order valence-electron chi connectivity index (χ0n) is 16.3. The van der Waals surface area contributed by atoms with Crippen molar-refractivity contribution in [2.75, 3.05) is 0 Å². The van der Waals surface area contributed by atoms with Gasteiger partial charge in [0.25, 0.3) is 5.56 Å². The number of halogens is 1. The SMILES string of the molecule is O=CC=Cc1c(-c2ccc(F)cc2)n(CCc2ccccc2)c(=O)c2ccccc12. The molecule has 0 spiro atoms. The molecule has 4 heteroatoms. The Kier molecular flexibility index (Phi) is 5.66. The zero-order valence-corrected chi connectivity index (χ0v) is 16.3. The molecule has 0 amide bonds. The number of rotatable bonds is 6. The highest BCUT2D eigenvalue weighted by molar-refractivity contribution is 5.97. The first-order chi connectivity index (χ1) is 14.7. The van der Waals surface area contributed by atoms with Crippen LogP contribution < -0.4 is 5.56 Å². The normalized spacial score (nSPS) is 11.2. The van der Waals surface area contributed by atoms with E-state index in [4.69, 9.17) is 0 Å². The van der Waals surface area contributed by atoms with E-state index in [2.05, 4.69) is 0 Å². The number of aryl methyl sites for hydroxylation is 1. The van der Waals surface area contributed by atoms with Crippen LogP contribution in [0.1, 0.15) is 11.1 Å². The first-order valence-electron chi connectivity index (χ1n) is 9.76. The van der Waals surface area contributed by atoms with E-state index in [0.717, 1.165) is 22.1 Å². The smallest absolute Gasteiger partial charge is 0.258 e. The fraction of sp³-hybridized carbons (Fsp3) is 0.0769. The molecule has 0 radical (unpaired) electrons. The Morgan fingerprint density at radius 2 is 1.50 bits per heavy atom. The fourth-order valence-corrected chi connectivity index (χ4v) is 3.75. The Morgan fingerprint density at radius 1 is 0.833 bits per heavy atom. The summed E-state index contributed by atoms with van der Waals surface area (Å²) in [6, 6.07) is 23.4. The molecule has 0 atom stereocenters. The first kappa shape index (κ1) is 19.5. The quantitative estimate of drug-likeness (QED) is 0.329. The van der Waals surface area contributed by atoms with E-state index in [9.17, 15) is 14.0 Å². The van der Waals surface area contributed by atoms with Crippen molar-refractivity contribution in [1.82, 2.24) is 4.57 Å². The van der Waals surface area contributed by atoms with Crippen molar-refractivity contribution in [3.05, 3.63) is 112 Å². The number of carbonyl (C=O) groups excluding carboxylic acids is 1. The maximum absolute atomic E-state index is 13.6. The number of fused-ring (bicyclic) bond motifs is 1. The lowest BCUT2D eigenvalue weighted by Crippen LogP contribution is -2.24. The number of hydrogen-bond donors (Lipinski definition) is 0. The number of benzene rings is 3. The van der Waals surface area contributed by atoms with Crippen LogP contribution in [0.4, 0.5) is 4.39 Å². The summed E-state index contributed by atoms with van der Waals surface area (Å²) in [4.78, 5) is 24.5. The fourth-order valence-electron chi connectivity index (χ4n) is 3.75. The number of pyridine rings is 1. The van der Waals surface area contributed by atoms with Crippen LogP contribution in [0.5, 0.6) is 0 Å². The average Bonchev–Trinajstić information content (AvgIpc) is 2.79. The van der Waals surface area contributed by atoms with Crippen LogP contribution in [0.25, 0.3) is 28.1 Å². The molecule has 1 aromatic heterocycles. The van der Waals surface area contributed by atoms with Crippen molar-refractivity contribution in [1.29, 1.82) is 0 Å². The minimum atomic E-state index is -0.345. The van der Waals surface area contributed by atoms with Gasteiger partial charge in [0.2, 0.25) is 0 Å². The molecular weight excluding hydrogens is 377 g/mol. The minimum Gasteiger partial charge on any atom is -0.307 e. The van der Waals surface area contributed by atoms with Crippen molar-refractivity contribution >= 4 is 23.1 Å². The van der Waals surface area contributed by atoms with Gasteiger partial charge in [0.1, 0.15) is 12.1 Å². The first-order valence-corrected chi connectivity index (χ1v) is 9.76. The second kappa shape index (κ2) is 8.70. The van der Waals surface area contributed by atoms with E-state index in [-0.39, 0.29) is 11.4 Å². The summed E-state index contributed by atoms with van der Waals surface area (Å²) in [7, 11) is 0. The molecule has 0 aliphatic carbocycles. The van der Waals surface area contributed by atoms with Gasteiger partial charge in [-0.3, -0.25) is 9.59 Å². The van der Waals surface area contributed by atoms with Crippen molar-refractivity contribution < 1.29 is 9.18 Å². The van der Waals surface area contributed by atoms with E-state index in [1.807, 2.05) is 48.5 Å². The predicted molar refractivity (Wildman–Crippen MR) is 119 cm³/mol. The molecule has 4 rings (SSSR count). The van der Waals surface area contributed by atoms with Crippen LogP contribution in [-0.2, 0) is 17.8 Å². The lowest BCUT2D eigenvalue weighted by molar-refractivity contribution is -0.104. The minimum absolute atomic E-state index is 0.107. The van der Waals surface area contributed by atoms with Gasteiger partial charge in [0.15, 0.2) is 0 Å². The van der Waals surface area contributed by atoms with Crippen molar-refractivity contribution in [3.8, 4) is 11.3 Å². The molecule has 0 bridgehead atoms. The van der Waals surface area contributed by atoms with Crippen LogP contribution in [0, 0.1) is 5.82 Å². The van der Waals surface area contributed by atoms with Gasteiger partial charge in [-0.25, -0.2) is 4.39 Å². The average molecular weight is 397 g/mol. The molecule has 0 aliphatic heterocycles. The molecule has 30 heavy (non-hydrogen) atoms. The Hall–Kier alpha value is -3.79. The molecule has 0 fully saturated rings. The molecule has 1 heterocycles. The van der Waals surface area contributed by atoms with E-state index in [1.54, 1.807) is 28.8 Å². The number of hydrogen-bond acceptors (Lipinski definition) is 2. The largest absolute Gasteiger partial charge is 0.307 e. The number of allylic oxidation sites excluding steroid dienone is 1. The van der Waals surface area contributed by atoms with Crippen LogP contribution in [-0.4, -0.2) is 10.9 Å². The number of aldehydes is 1. The maximum Gasteiger partial charge on any atom is 0.258 e. The van der Waals surface area contributed by atoms with E-state index in [1.165, 1.54) is 18.2 Å². The second-order valence-electron chi connectivity index (χ2n) is 7.00. The molecule has 3 aromatic carbocycles. The highest BCUT2D eigenvalue weighted by Crippen LogP contribution is 2.30. The Balaban J connectivity index is 1.99. The molecule has 0 saturated heterocycles. The molecular formula is C26H20FNO2. The van der Waals surface area contributed by atoms with Gasteiger partial charge in [-0.1, -0.05) is 48.5 Å². The van der Waals surface area contributed by atoms with Gasteiger partial charge in [-0.15, -0.1) is 0 Å². The summed E-state index contributed by atoms with van der Waals surface area (Å²) in [6.07, 6.45) is 4.51. The molecule has 0 N–H and O–H groups in total. The van der Waals surface area contributed by atoms with E-state index >= 15 is 0 Å². The third-order valence-electron chi connectivity index (χ3n) is 5.14. The van der Waals surface area contributed by atoms with Crippen LogP contribution in [0.2, 0.25) is 0 Å². The van der Waals surface area contributed by atoms with Crippen molar-refractivity contribution in [2.45, 2.75) is 13.0 Å². The highest BCUT2D eigenvalue weighted by atomic mass is 19.1. The molecule has 0 aliphatic rings. The third-order valence-corrected chi connectivity index (χ3v) is 5.14.